The topological polar surface area (TPSA) is 29.5 Å². The van der Waals surface area contributed by atoms with Crippen LogP contribution in [-0.4, -0.2) is 22.4 Å². The van der Waals surface area contributed by atoms with Crippen LogP contribution in [0.5, 0.6) is 0 Å². The Morgan fingerprint density at radius 2 is 1.83 bits per heavy atom. The fourth-order valence-corrected chi connectivity index (χ4v) is 2.15. The lowest BCUT2D eigenvalue weighted by Gasteiger charge is -2.47. The van der Waals surface area contributed by atoms with Gasteiger partial charge in [-0.3, -0.25) is 4.79 Å². The summed E-state index contributed by atoms with van der Waals surface area (Å²) in [6, 6.07) is 0. The quantitative estimate of drug-likeness (QED) is 0.550. The first-order valence-corrected chi connectivity index (χ1v) is 4.11. The van der Waals surface area contributed by atoms with Crippen LogP contribution in [0, 0.1) is 0 Å². The van der Waals surface area contributed by atoms with Gasteiger partial charge in [-0.1, -0.05) is 0 Å². The molecule has 0 radical (unpaired) electrons. The molecule has 1 fully saturated rings. The van der Waals surface area contributed by atoms with Crippen molar-refractivity contribution in [3.63, 3.8) is 0 Å². The smallest absolute Gasteiger partial charge is 0.156 e. The van der Waals surface area contributed by atoms with Gasteiger partial charge < -0.3 is 4.84 Å². The molecule has 3 nitrogen and oxygen atoms in total. The number of fused-ring (bicyclic) bond motifs is 1. The second-order valence-electron chi connectivity index (χ2n) is 4.36. The van der Waals surface area contributed by atoms with Gasteiger partial charge in [-0.05, 0) is 27.7 Å². The van der Waals surface area contributed by atoms with Crippen molar-refractivity contribution in [2.75, 3.05) is 0 Å². The van der Waals surface area contributed by atoms with Gasteiger partial charge >= 0.3 is 0 Å². The van der Waals surface area contributed by atoms with E-state index in [4.69, 9.17) is 4.84 Å². The second-order valence-corrected chi connectivity index (χ2v) is 4.36. The van der Waals surface area contributed by atoms with E-state index in [-0.39, 0.29) is 11.1 Å². The maximum absolute atomic E-state index is 10.8. The normalized spacial score (nSPS) is 34.2. The van der Waals surface area contributed by atoms with Gasteiger partial charge in [-0.2, -0.15) is 0 Å². The van der Waals surface area contributed by atoms with Crippen molar-refractivity contribution < 1.29 is 9.63 Å². The molecule has 3 heteroatoms. The van der Waals surface area contributed by atoms with Gasteiger partial charge in [0.2, 0.25) is 0 Å². The van der Waals surface area contributed by atoms with Crippen molar-refractivity contribution >= 4 is 6.29 Å². The predicted molar refractivity (Wildman–Crippen MR) is 44.2 cm³/mol. The summed E-state index contributed by atoms with van der Waals surface area (Å²) in [5, 5.41) is 1.87. The number of rotatable bonds is 1. The maximum Gasteiger partial charge on any atom is 0.156 e. The molecular formula is C9H13NO2. The lowest BCUT2D eigenvalue weighted by atomic mass is 9.98. The van der Waals surface area contributed by atoms with Crippen LogP contribution >= 0.6 is 0 Å². The van der Waals surface area contributed by atoms with Crippen molar-refractivity contribution in [1.29, 1.82) is 0 Å². The third-order valence-electron chi connectivity index (χ3n) is 2.78. The van der Waals surface area contributed by atoms with Gasteiger partial charge in [0.1, 0.15) is 5.54 Å². The lowest BCUT2D eigenvalue weighted by molar-refractivity contribution is -0.283. The van der Waals surface area contributed by atoms with Gasteiger partial charge in [-0.15, -0.1) is 5.06 Å². The minimum Gasteiger partial charge on any atom is -0.406 e. The highest BCUT2D eigenvalue weighted by atomic mass is 16.7. The number of nitrogens with zero attached hydrogens (tertiary/aromatic N) is 1. The summed E-state index contributed by atoms with van der Waals surface area (Å²) in [7, 11) is 0. The molecule has 3 aliphatic heterocycles. The zero-order chi connectivity index (χ0) is 9.15. The molecule has 1 saturated heterocycles. The molecule has 3 aliphatic rings. The third kappa shape index (κ3) is 0.556. The maximum atomic E-state index is 10.8. The molecule has 3 heterocycles. The standard InChI is InChI=1S/C9H13NO2/c1-8(2)6(5-11)7-9(3,4)10(8)12-7/h5H,1-4H3. The Morgan fingerprint density at radius 3 is 2.00 bits per heavy atom. The summed E-state index contributed by atoms with van der Waals surface area (Å²) in [4.78, 5) is 16.1. The summed E-state index contributed by atoms with van der Waals surface area (Å²) in [6.45, 7) is 8.12. The number of hydrogen-bond donors (Lipinski definition) is 0. The van der Waals surface area contributed by atoms with E-state index in [0.29, 0.717) is 0 Å². The first kappa shape index (κ1) is 7.80. The van der Waals surface area contributed by atoms with E-state index in [2.05, 4.69) is 13.8 Å². The van der Waals surface area contributed by atoms with E-state index in [1.807, 2.05) is 18.9 Å². The summed E-state index contributed by atoms with van der Waals surface area (Å²) in [5.74, 6) is 0.836. The molecule has 0 aromatic rings. The Morgan fingerprint density at radius 1 is 1.25 bits per heavy atom. The second kappa shape index (κ2) is 1.74. The monoisotopic (exact) mass is 167 g/mol. The number of carbonyl (C=O) groups is 1. The number of hydroxylamine groups is 2. The summed E-state index contributed by atoms with van der Waals surface area (Å²) >= 11 is 0. The molecule has 2 bridgehead atoms. The Kier molecular flexibility index (Phi) is 1.13. The van der Waals surface area contributed by atoms with Crippen molar-refractivity contribution in [2.45, 2.75) is 38.8 Å². The Hall–Kier alpha value is -0.830. The minimum absolute atomic E-state index is 0.0836. The van der Waals surface area contributed by atoms with E-state index in [1.54, 1.807) is 0 Å². The third-order valence-corrected chi connectivity index (χ3v) is 2.78. The first-order chi connectivity index (χ1) is 5.42. The van der Waals surface area contributed by atoms with Crippen LogP contribution in [0.15, 0.2) is 11.3 Å². The van der Waals surface area contributed by atoms with Crippen LogP contribution in [0.4, 0.5) is 0 Å². The molecule has 66 valence electrons. The fraction of sp³-hybridized carbons (Fsp3) is 0.667. The molecule has 0 aromatic heterocycles. The molecule has 0 N–H and O–H groups in total. The van der Waals surface area contributed by atoms with E-state index in [9.17, 15) is 4.79 Å². The largest absolute Gasteiger partial charge is 0.406 e. The lowest BCUT2D eigenvalue weighted by Crippen LogP contribution is -2.57. The summed E-state index contributed by atoms with van der Waals surface area (Å²) in [6.07, 6.45) is 0.907. The summed E-state index contributed by atoms with van der Waals surface area (Å²) in [5.41, 5.74) is 0.452. The Labute approximate surface area is 71.9 Å². The molecule has 1 unspecified atom stereocenters. The van der Waals surface area contributed by atoms with Gasteiger partial charge in [0.25, 0.3) is 0 Å². The van der Waals surface area contributed by atoms with E-state index >= 15 is 0 Å². The summed E-state index contributed by atoms with van der Waals surface area (Å²) < 4.78 is 0. The predicted octanol–water partition coefficient (Wildman–Crippen LogP) is 1.26. The highest BCUT2D eigenvalue weighted by molar-refractivity contribution is 5.80. The molecular weight excluding hydrogens is 154 g/mol. The highest BCUT2D eigenvalue weighted by Gasteiger charge is 2.62. The molecule has 0 spiro atoms. The van der Waals surface area contributed by atoms with Crippen LogP contribution in [0.25, 0.3) is 0 Å². The van der Waals surface area contributed by atoms with Crippen LogP contribution in [0.3, 0.4) is 0 Å². The molecule has 0 aromatic carbocycles. The van der Waals surface area contributed by atoms with Gasteiger partial charge in [0.15, 0.2) is 12.0 Å². The van der Waals surface area contributed by atoms with Crippen molar-refractivity contribution in [1.82, 2.24) is 5.06 Å². The molecule has 0 amide bonds. The number of carbonyl (C=O) groups excluding carboxylic acids is 1. The zero-order valence-electron chi connectivity index (χ0n) is 7.84. The molecule has 12 heavy (non-hydrogen) atoms. The van der Waals surface area contributed by atoms with Crippen LogP contribution in [-0.2, 0) is 9.63 Å². The van der Waals surface area contributed by atoms with Gasteiger partial charge in [-0.25, -0.2) is 0 Å². The molecule has 0 saturated carbocycles. The molecule has 0 aliphatic carbocycles. The molecule has 3 rings (SSSR count). The van der Waals surface area contributed by atoms with E-state index in [1.165, 1.54) is 0 Å². The number of aldehydes is 1. The van der Waals surface area contributed by atoms with Crippen LogP contribution in [0.1, 0.15) is 27.7 Å². The Balaban J connectivity index is 2.53. The van der Waals surface area contributed by atoms with Crippen molar-refractivity contribution in [2.24, 2.45) is 0 Å². The van der Waals surface area contributed by atoms with Crippen LogP contribution < -0.4 is 0 Å². The fourth-order valence-electron chi connectivity index (χ4n) is 2.15. The zero-order valence-corrected chi connectivity index (χ0v) is 7.84. The minimum atomic E-state index is -0.249. The number of hydrogen-bond acceptors (Lipinski definition) is 3. The average Bonchev–Trinajstić information content (AvgIpc) is 2.30. The van der Waals surface area contributed by atoms with Crippen molar-refractivity contribution in [3.05, 3.63) is 11.3 Å². The Bertz CT molecular complexity index is 289. The molecule has 1 atom stereocenters. The average molecular weight is 167 g/mol. The highest BCUT2D eigenvalue weighted by Crippen LogP contribution is 2.53. The van der Waals surface area contributed by atoms with Crippen molar-refractivity contribution in [3.8, 4) is 0 Å². The van der Waals surface area contributed by atoms with Crippen LogP contribution in [0.2, 0.25) is 0 Å². The first-order valence-electron chi connectivity index (χ1n) is 4.11. The van der Waals surface area contributed by atoms with E-state index < -0.39 is 0 Å². The van der Waals surface area contributed by atoms with E-state index in [0.717, 1.165) is 17.6 Å². The van der Waals surface area contributed by atoms with Gasteiger partial charge in [0, 0.05) is 0 Å². The SMILES string of the molecule is CC1(C)C(C=O)=C2ON1C2(C)C. The van der Waals surface area contributed by atoms with Gasteiger partial charge in [0.05, 0.1) is 11.1 Å².